The van der Waals surface area contributed by atoms with Gasteiger partial charge in [-0.15, -0.1) is 0 Å². The molecule has 0 amide bonds. The van der Waals surface area contributed by atoms with Gasteiger partial charge >= 0.3 is 0 Å². The van der Waals surface area contributed by atoms with Crippen LogP contribution in [0.1, 0.15) is 46.4 Å². The fourth-order valence-electron chi connectivity index (χ4n) is 1.71. The molecule has 0 aliphatic heterocycles. The number of rotatable bonds is 4. The lowest BCUT2D eigenvalue weighted by Crippen LogP contribution is -2.40. The Hall–Kier alpha value is -0.850. The highest BCUT2D eigenvalue weighted by Crippen LogP contribution is 2.20. The summed E-state index contributed by atoms with van der Waals surface area (Å²) >= 11 is 0. The van der Waals surface area contributed by atoms with Crippen molar-refractivity contribution in [3.8, 4) is 0 Å². The van der Waals surface area contributed by atoms with Gasteiger partial charge in [0.05, 0.1) is 6.61 Å². The van der Waals surface area contributed by atoms with E-state index >= 15 is 0 Å². The van der Waals surface area contributed by atoms with E-state index in [-0.39, 0.29) is 17.5 Å². The summed E-state index contributed by atoms with van der Waals surface area (Å²) in [6.07, 6.45) is 1.56. The van der Waals surface area contributed by atoms with Gasteiger partial charge in [-0.3, -0.25) is 0 Å². The quantitative estimate of drug-likeness (QED) is 0.876. The molecule has 0 unspecified atom stereocenters. The molecule has 0 saturated heterocycles. The van der Waals surface area contributed by atoms with Gasteiger partial charge in [0, 0.05) is 23.5 Å². The lowest BCUT2D eigenvalue weighted by atomic mass is 10.1. The summed E-state index contributed by atoms with van der Waals surface area (Å²) in [7, 11) is -3.55. The van der Waals surface area contributed by atoms with Crippen molar-refractivity contribution >= 4 is 10.0 Å². The summed E-state index contributed by atoms with van der Waals surface area (Å²) in [6, 6.07) is 1.61. The molecule has 104 valence electrons. The monoisotopic (exact) mass is 274 g/mol. The molecule has 18 heavy (non-hydrogen) atoms. The molecular formula is C12H22N2O3S. The van der Waals surface area contributed by atoms with Crippen LogP contribution >= 0.6 is 0 Å². The average Bonchev–Trinajstić information content (AvgIpc) is 2.57. The van der Waals surface area contributed by atoms with Gasteiger partial charge in [0.15, 0.2) is 0 Å². The Bertz CT molecular complexity index is 510. The van der Waals surface area contributed by atoms with E-state index in [1.54, 1.807) is 31.5 Å². The number of hydrogen-bond donors (Lipinski definition) is 2. The highest BCUT2D eigenvalue weighted by atomic mass is 32.2. The SMILES string of the molecule is CC(C)n1cc(S(=O)(=O)NC(C)(C)C)cc1CO. The average molecular weight is 274 g/mol. The molecule has 0 radical (unpaired) electrons. The van der Waals surface area contributed by atoms with Crippen LogP contribution in [0.2, 0.25) is 0 Å². The molecule has 0 aliphatic carbocycles. The molecule has 0 atom stereocenters. The van der Waals surface area contributed by atoms with E-state index in [1.807, 2.05) is 13.8 Å². The highest BCUT2D eigenvalue weighted by Gasteiger charge is 2.24. The zero-order chi connectivity index (χ0) is 14.1. The van der Waals surface area contributed by atoms with E-state index in [9.17, 15) is 13.5 Å². The fraction of sp³-hybridized carbons (Fsp3) is 0.667. The maximum Gasteiger partial charge on any atom is 0.242 e. The second-order valence-electron chi connectivity index (χ2n) is 5.68. The first-order valence-electron chi connectivity index (χ1n) is 5.92. The van der Waals surface area contributed by atoms with Gasteiger partial charge in [-0.05, 0) is 40.7 Å². The smallest absolute Gasteiger partial charge is 0.242 e. The van der Waals surface area contributed by atoms with Crippen molar-refractivity contribution in [1.82, 2.24) is 9.29 Å². The zero-order valence-corrected chi connectivity index (χ0v) is 12.4. The standard InChI is InChI=1S/C12H22N2O3S/c1-9(2)14-7-11(6-10(14)8-15)18(16,17)13-12(3,4)5/h6-7,9,13,15H,8H2,1-5H3. The minimum atomic E-state index is -3.55. The van der Waals surface area contributed by atoms with Crippen molar-refractivity contribution in [3.05, 3.63) is 18.0 Å². The molecule has 0 spiro atoms. The van der Waals surface area contributed by atoms with Crippen LogP contribution in [0, 0.1) is 0 Å². The van der Waals surface area contributed by atoms with Gasteiger partial charge in [-0.2, -0.15) is 0 Å². The molecule has 0 aliphatic rings. The van der Waals surface area contributed by atoms with Gasteiger partial charge in [-0.25, -0.2) is 13.1 Å². The maximum absolute atomic E-state index is 12.1. The molecule has 1 rings (SSSR count). The third kappa shape index (κ3) is 3.57. The van der Waals surface area contributed by atoms with Crippen molar-refractivity contribution in [2.24, 2.45) is 0 Å². The summed E-state index contributed by atoms with van der Waals surface area (Å²) in [5, 5.41) is 9.24. The second-order valence-corrected chi connectivity index (χ2v) is 7.36. The summed E-state index contributed by atoms with van der Waals surface area (Å²) in [5.41, 5.74) is 0.0669. The van der Waals surface area contributed by atoms with Crippen LogP contribution in [0.25, 0.3) is 0 Å². The Labute approximate surface area is 109 Å². The number of hydrogen-bond acceptors (Lipinski definition) is 3. The third-order valence-electron chi connectivity index (χ3n) is 2.38. The molecule has 0 saturated carbocycles. The van der Waals surface area contributed by atoms with Crippen LogP contribution in [0.4, 0.5) is 0 Å². The van der Waals surface area contributed by atoms with E-state index in [2.05, 4.69) is 4.72 Å². The first-order valence-corrected chi connectivity index (χ1v) is 7.41. The molecule has 1 aromatic rings. The first kappa shape index (κ1) is 15.2. The number of aliphatic hydroxyl groups excluding tert-OH is 1. The molecule has 0 fully saturated rings. The molecule has 0 aromatic carbocycles. The number of aromatic nitrogens is 1. The number of nitrogens with zero attached hydrogens (tertiary/aromatic N) is 1. The van der Waals surface area contributed by atoms with Crippen molar-refractivity contribution in [2.75, 3.05) is 0 Å². The van der Waals surface area contributed by atoms with Gasteiger partial charge in [0.25, 0.3) is 0 Å². The van der Waals surface area contributed by atoms with Gasteiger partial charge < -0.3 is 9.67 Å². The van der Waals surface area contributed by atoms with Crippen LogP contribution in [-0.4, -0.2) is 23.6 Å². The van der Waals surface area contributed by atoms with Crippen LogP contribution in [0.5, 0.6) is 0 Å². The van der Waals surface area contributed by atoms with E-state index < -0.39 is 15.6 Å². The second kappa shape index (κ2) is 5.03. The van der Waals surface area contributed by atoms with Crippen LogP contribution in [0.15, 0.2) is 17.2 Å². The van der Waals surface area contributed by atoms with Gasteiger partial charge in [0.2, 0.25) is 10.0 Å². The molecule has 1 heterocycles. The topological polar surface area (TPSA) is 71.3 Å². The predicted molar refractivity (Wildman–Crippen MR) is 70.8 cm³/mol. The Morgan fingerprint density at radius 1 is 1.39 bits per heavy atom. The normalized spacial score (nSPS) is 13.3. The highest BCUT2D eigenvalue weighted by molar-refractivity contribution is 7.89. The largest absolute Gasteiger partial charge is 0.390 e. The van der Waals surface area contributed by atoms with Crippen molar-refractivity contribution < 1.29 is 13.5 Å². The first-order chi connectivity index (χ1) is 8.07. The molecule has 0 bridgehead atoms. The molecule has 6 heteroatoms. The number of aliphatic hydroxyl groups is 1. The molecule has 1 aromatic heterocycles. The minimum Gasteiger partial charge on any atom is -0.390 e. The van der Waals surface area contributed by atoms with Crippen molar-refractivity contribution in [3.63, 3.8) is 0 Å². The molecular weight excluding hydrogens is 252 g/mol. The zero-order valence-electron chi connectivity index (χ0n) is 11.6. The van der Waals surface area contributed by atoms with E-state index in [0.29, 0.717) is 5.69 Å². The Balaban J connectivity index is 3.18. The predicted octanol–water partition coefficient (Wildman–Crippen LogP) is 1.64. The molecule has 2 N–H and O–H groups in total. The van der Waals surface area contributed by atoms with Gasteiger partial charge in [0.1, 0.15) is 4.90 Å². The lowest BCUT2D eigenvalue weighted by molar-refractivity contribution is 0.268. The fourth-order valence-corrected chi connectivity index (χ4v) is 3.18. The van der Waals surface area contributed by atoms with Crippen molar-refractivity contribution in [1.29, 1.82) is 0 Å². The number of sulfonamides is 1. The van der Waals surface area contributed by atoms with Crippen molar-refractivity contribution in [2.45, 2.75) is 57.7 Å². The minimum absolute atomic E-state index is 0.103. The lowest BCUT2D eigenvalue weighted by Gasteiger charge is -2.19. The van der Waals surface area contributed by atoms with Gasteiger partial charge in [-0.1, -0.05) is 0 Å². The Morgan fingerprint density at radius 3 is 2.28 bits per heavy atom. The summed E-state index contributed by atoms with van der Waals surface area (Å²) < 4.78 is 28.6. The Kier molecular flexibility index (Phi) is 4.25. The van der Waals surface area contributed by atoms with E-state index in [0.717, 1.165) is 0 Å². The summed E-state index contributed by atoms with van der Waals surface area (Å²) in [5.74, 6) is 0. The van der Waals surface area contributed by atoms with E-state index in [1.165, 1.54) is 6.07 Å². The number of nitrogens with one attached hydrogen (secondary N) is 1. The van der Waals surface area contributed by atoms with Crippen LogP contribution in [0.3, 0.4) is 0 Å². The van der Waals surface area contributed by atoms with Crippen LogP contribution < -0.4 is 4.72 Å². The third-order valence-corrected chi connectivity index (χ3v) is 4.10. The van der Waals surface area contributed by atoms with E-state index in [4.69, 9.17) is 0 Å². The maximum atomic E-state index is 12.1. The Morgan fingerprint density at radius 2 is 1.94 bits per heavy atom. The summed E-state index contributed by atoms with van der Waals surface area (Å²) in [4.78, 5) is 0.190. The van der Waals surface area contributed by atoms with Crippen LogP contribution in [-0.2, 0) is 16.6 Å². The molecule has 5 nitrogen and oxygen atoms in total. The summed E-state index contributed by atoms with van der Waals surface area (Å²) in [6.45, 7) is 9.06.